The summed E-state index contributed by atoms with van der Waals surface area (Å²) in [6.07, 6.45) is 12.3. The molecule has 2 saturated carbocycles. The van der Waals surface area contributed by atoms with E-state index in [1.165, 1.54) is 57.8 Å². The molecule has 0 radical (unpaired) electrons. The highest BCUT2D eigenvalue weighted by Gasteiger charge is 2.49. The summed E-state index contributed by atoms with van der Waals surface area (Å²) < 4.78 is 6.06. The van der Waals surface area contributed by atoms with Gasteiger partial charge in [-0.3, -0.25) is 0 Å². The minimum atomic E-state index is 0.214. The van der Waals surface area contributed by atoms with E-state index < -0.39 is 0 Å². The van der Waals surface area contributed by atoms with Crippen molar-refractivity contribution in [2.24, 2.45) is 11.3 Å². The van der Waals surface area contributed by atoms with Gasteiger partial charge < -0.3 is 4.74 Å². The minimum Gasteiger partial charge on any atom is -0.378 e. The Morgan fingerprint density at radius 3 is 2.00 bits per heavy atom. The molecule has 0 unspecified atom stereocenters. The SMILES string of the molecule is COC1(C2(C)CCC(C)CC2)CCCCC1. The summed E-state index contributed by atoms with van der Waals surface area (Å²) in [6, 6.07) is 0. The average molecular weight is 224 g/mol. The van der Waals surface area contributed by atoms with Crippen LogP contribution in [0.1, 0.15) is 71.6 Å². The van der Waals surface area contributed by atoms with E-state index >= 15 is 0 Å². The van der Waals surface area contributed by atoms with E-state index in [1.807, 2.05) is 7.11 Å². The molecule has 0 aliphatic heterocycles. The molecule has 0 heterocycles. The second-order valence-electron chi connectivity index (χ2n) is 6.50. The molecule has 2 fully saturated rings. The first kappa shape index (κ1) is 12.4. The number of ether oxygens (including phenoxy) is 1. The molecule has 2 aliphatic rings. The Balaban J connectivity index is 2.12. The van der Waals surface area contributed by atoms with Crippen LogP contribution in [-0.2, 0) is 4.74 Å². The second-order valence-corrected chi connectivity index (χ2v) is 6.50. The molecular weight excluding hydrogens is 196 g/mol. The third-order valence-electron chi connectivity index (χ3n) is 5.53. The summed E-state index contributed by atoms with van der Waals surface area (Å²) in [5.74, 6) is 0.936. The van der Waals surface area contributed by atoms with Gasteiger partial charge in [0.1, 0.15) is 0 Å². The number of methoxy groups -OCH3 is 1. The first-order chi connectivity index (χ1) is 7.62. The Morgan fingerprint density at radius 1 is 0.938 bits per heavy atom. The zero-order valence-corrected chi connectivity index (χ0v) is 11.3. The predicted octanol–water partition coefficient (Wildman–Crippen LogP) is 4.55. The standard InChI is InChI=1S/C15H28O/c1-13-7-11-14(2,12-8-13)15(16-3)9-5-4-6-10-15/h13H,4-12H2,1-3H3. The molecule has 0 aromatic rings. The fourth-order valence-corrected chi connectivity index (χ4v) is 4.03. The maximum Gasteiger partial charge on any atom is 0.0732 e. The topological polar surface area (TPSA) is 9.23 Å². The highest BCUT2D eigenvalue weighted by Crippen LogP contribution is 2.53. The van der Waals surface area contributed by atoms with Gasteiger partial charge in [-0.25, -0.2) is 0 Å². The molecule has 0 N–H and O–H groups in total. The van der Waals surface area contributed by atoms with E-state index in [0.29, 0.717) is 5.41 Å². The summed E-state index contributed by atoms with van der Waals surface area (Å²) in [5, 5.41) is 0. The molecule has 2 aliphatic carbocycles. The molecule has 94 valence electrons. The van der Waals surface area contributed by atoms with Gasteiger partial charge in [-0.15, -0.1) is 0 Å². The quantitative estimate of drug-likeness (QED) is 0.668. The van der Waals surface area contributed by atoms with Crippen molar-refractivity contribution in [2.75, 3.05) is 7.11 Å². The lowest BCUT2D eigenvalue weighted by molar-refractivity contribution is -0.145. The third-order valence-corrected chi connectivity index (χ3v) is 5.53. The largest absolute Gasteiger partial charge is 0.378 e. The first-order valence-corrected chi connectivity index (χ1v) is 7.17. The normalized spacial score (nSPS) is 39.6. The molecule has 0 spiro atoms. The summed E-state index contributed by atoms with van der Waals surface area (Å²) in [4.78, 5) is 0. The van der Waals surface area contributed by atoms with Crippen molar-refractivity contribution < 1.29 is 4.74 Å². The van der Waals surface area contributed by atoms with Crippen LogP contribution in [0.25, 0.3) is 0 Å². The Morgan fingerprint density at radius 2 is 1.50 bits per heavy atom. The molecule has 0 atom stereocenters. The van der Waals surface area contributed by atoms with Gasteiger partial charge >= 0.3 is 0 Å². The highest BCUT2D eigenvalue weighted by molar-refractivity contribution is 5.00. The highest BCUT2D eigenvalue weighted by atomic mass is 16.5. The van der Waals surface area contributed by atoms with Crippen LogP contribution in [0.4, 0.5) is 0 Å². The number of hydrogen-bond donors (Lipinski definition) is 0. The summed E-state index contributed by atoms with van der Waals surface area (Å²) in [6.45, 7) is 4.90. The molecule has 0 aromatic heterocycles. The van der Waals surface area contributed by atoms with Crippen molar-refractivity contribution in [1.29, 1.82) is 0 Å². The molecule has 2 rings (SSSR count). The Labute approximate surface area is 101 Å². The number of rotatable bonds is 2. The van der Waals surface area contributed by atoms with E-state index in [4.69, 9.17) is 4.74 Å². The van der Waals surface area contributed by atoms with Crippen molar-refractivity contribution >= 4 is 0 Å². The number of hydrogen-bond acceptors (Lipinski definition) is 1. The van der Waals surface area contributed by atoms with Crippen LogP contribution in [0.2, 0.25) is 0 Å². The lowest BCUT2D eigenvalue weighted by Gasteiger charge is -2.53. The van der Waals surface area contributed by atoms with Crippen LogP contribution in [0.3, 0.4) is 0 Å². The van der Waals surface area contributed by atoms with Crippen molar-refractivity contribution in [3.05, 3.63) is 0 Å². The summed E-state index contributed by atoms with van der Waals surface area (Å²) in [7, 11) is 1.95. The average Bonchev–Trinajstić information content (AvgIpc) is 2.34. The van der Waals surface area contributed by atoms with Gasteiger partial charge in [-0.05, 0) is 37.0 Å². The third kappa shape index (κ3) is 2.03. The maximum absolute atomic E-state index is 6.06. The maximum atomic E-state index is 6.06. The fraction of sp³-hybridized carbons (Fsp3) is 1.00. The van der Waals surface area contributed by atoms with E-state index in [1.54, 1.807) is 0 Å². The smallest absolute Gasteiger partial charge is 0.0732 e. The van der Waals surface area contributed by atoms with E-state index in [-0.39, 0.29) is 5.60 Å². The molecule has 0 aromatic carbocycles. The first-order valence-electron chi connectivity index (χ1n) is 7.17. The van der Waals surface area contributed by atoms with Crippen LogP contribution >= 0.6 is 0 Å². The molecule has 16 heavy (non-hydrogen) atoms. The Hall–Kier alpha value is -0.0400. The van der Waals surface area contributed by atoms with E-state index in [0.717, 1.165) is 5.92 Å². The molecular formula is C15H28O. The van der Waals surface area contributed by atoms with Crippen LogP contribution in [0, 0.1) is 11.3 Å². The second kappa shape index (κ2) is 4.68. The van der Waals surface area contributed by atoms with E-state index in [2.05, 4.69) is 13.8 Å². The van der Waals surface area contributed by atoms with Gasteiger partial charge in [0, 0.05) is 7.11 Å². The van der Waals surface area contributed by atoms with Crippen molar-refractivity contribution in [3.63, 3.8) is 0 Å². The van der Waals surface area contributed by atoms with Gasteiger partial charge in [0.15, 0.2) is 0 Å². The van der Waals surface area contributed by atoms with Crippen LogP contribution in [-0.4, -0.2) is 12.7 Å². The van der Waals surface area contributed by atoms with Gasteiger partial charge in [-0.2, -0.15) is 0 Å². The van der Waals surface area contributed by atoms with Crippen LogP contribution in [0.15, 0.2) is 0 Å². The lowest BCUT2D eigenvalue weighted by atomic mass is 9.58. The van der Waals surface area contributed by atoms with Crippen molar-refractivity contribution in [1.82, 2.24) is 0 Å². The van der Waals surface area contributed by atoms with E-state index in [9.17, 15) is 0 Å². The molecule has 1 nitrogen and oxygen atoms in total. The predicted molar refractivity (Wildman–Crippen MR) is 68.6 cm³/mol. The fourth-order valence-electron chi connectivity index (χ4n) is 4.03. The zero-order valence-electron chi connectivity index (χ0n) is 11.3. The summed E-state index contributed by atoms with van der Waals surface area (Å²) >= 11 is 0. The Bertz CT molecular complexity index is 220. The van der Waals surface area contributed by atoms with Gasteiger partial charge in [0.25, 0.3) is 0 Å². The summed E-state index contributed by atoms with van der Waals surface area (Å²) in [5.41, 5.74) is 0.667. The van der Waals surface area contributed by atoms with Crippen molar-refractivity contribution in [2.45, 2.75) is 77.2 Å². The van der Waals surface area contributed by atoms with Crippen LogP contribution in [0.5, 0.6) is 0 Å². The zero-order chi connectivity index (χ0) is 11.6. The molecule has 0 saturated heterocycles. The monoisotopic (exact) mass is 224 g/mol. The minimum absolute atomic E-state index is 0.214. The molecule has 0 amide bonds. The Kier molecular flexibility index (Phi) is 3.63. The van der Waals surface area contributed by atoms with Gasteiger partial charge in [-0.1, -0.05) is 46.0 Å². The van der Waals surface area contributed by atoms with Crippen LogP contribution < -0.4 is 0 Å². The molecule has 0 bridgehead atoms. The van der Waals surface area contributed by atoms with Gasteiger partial charge in [0.2, 0.25) is 0 Å². The molecule has 1 heteroatoms. The van der Waals surface area contributed by atoms with Crippen molar-refractivity contribution in [3.8, 4) is 0 Å². The van der Waals surface area contributed by atoms with Gasteiger partial charge in [0.05, 0.1) is 5.60 Å². The lowest BCUT2D eigenvalue weighted by Crippen LogP contribution is -2.51.